The molecule has 1 unspecified atom stereocenters. The fraction of sp³-hybridized carbons (Fsp3) is 0.438. The topological polar surface area (TPSA) is 12.0 Å². The van der Waals surface area contributed by atoms with Gasteiger partial charge in [-0.3, -0.25) is 0 Å². The SMILES string of the molecule is CC=C=C(CCCC)C(NC)c1ccccc1. The third kappa shape index (κ3) is 4.22. The average Bonchev–Trinajstić information content (AvgIpc) is 2.38. The molecule has 0 saturated carbocycles. The van der Waals surface area contributed by atoms with E-state index in [4.69, 9.17) is 0 Å². The molecule has 0 aliphatic carbocycles. The Balaban J connectivity index is 2.94. The lowest BCUT2D eigenvalue weighted by Gasteiger charge is -2.19. The first kappa shape index (κ1) is 13.8. The molecule has 0 amide bonds. The van der Waals surface area contributed by atoms with Crippen molar-refractivity contribution in [2.45, 2.75) is 39.2 Å². The molecule has 92 valence electrons. The minimum Gasteiger partial charge on any atom is -0.309 e. The summed E-state index contributed by atoms with van der Waals surface area (Å²) in [6.07, 6.45) is 5.57. The van der Waals surface area contributed by atoms with Crippen molar-refractivity contribution < 1.29 is 0 Å². The van der Waals surface area contributed by atoms with E-state index in [1.165, 1.54) is 24.0 Å². The summed E-state index contributed by atoms with van der Waals surface area (Å²) in [5, 5.41) is 3.39. The Labute approximate surface area is 105 Å². The van der Waals surface area contributed by atoms with Crippen molar-refractivity contribution in [3.63, 3.8) is 0 Å². The zero-order valence-electron chi connectivity index (χ0n) is 11.2. The van der Waals surface area contributed by atoms with Crippen molar-refractivity contribution in [1.82, 2.24) is 5.32 Å². The smallest absolute Gasteiger partial charge is 0.0608 e. The molecule has 1 atom stereocenters. The lowest BCUT2D eigenvalue weighted by Crippen LogP contribution is -2.18. The van der Waals surface area contributed by atoms with Crippen molar-refractivity contribution in [3.8, 4) is 0 Å². The Bertz CT molecular complexity index is 372. The van der Waals surface area contributed by atoms with Gasteiger partial charge in [0.15, 0.2) is 0 Å². The molecule has 1 rings (SSSR count). The van der Waals surface area contributed by atoms with E-state index in [1.807, 2.05) is 20.0 Å². The summed E-state index contributed by atoms with van der Waals surface area (Å²) in [5.74, 6) is 0. The highest BCUT2D eigenvalue weighted by Gasteiger charge is 2.13. The third-order valence-electron chi connectivity index (χ3n) is 2.90. The molecule has 0 heterocycles. The zero-order valence-corrected chi connectivity index (χ0v) is 11.2. The van der Waals surface area contributed by atoms with Gasteiger partial charge >= 0.3 is 0 Å². The Morgan fingerprint density at radius 1 is 1.35 bits per heavy atom. The molecular formula is C16H23N. The molecule has 1 aromatic carbocycles. The van der Waals surface area contributed by atoms with Gasteiger partial charge in [0.05, 0.1) is 6.04 Å². The van der Waals surface area contributed by atoms with Crippen molar-refractivity contribution in [2.24, 2.45) is 0 Å². The summed E-state index contributed by atoms with van der Waals surface area (Å²) in [6, 6.07) is 10.9. The van der Waals surface area contributed by atoms with Crippen LogP contribution in [0.5, 0.6) is 0 Å². The lowest BCUT2D eigenvalue weighted by molar-refractivity contribution is 0.630. The molecule has 1 aromatic rings. The van der Waals surface area contributed by atoms with Gasteiger partial charge < -0.3 is 5.32 Å². The van der Waals surface area contributed by atoms with Crippen LogP contribution in [-0.4, -0.2) is 7.05 Å². The van der Waals surface area contributed by atoms with E-state index in [2.05, 4.69) is 48.3 Å². The van der Waals surface area contributed by atoms with E-state index >= 15 is 0 Å². The average molecular weight is 229 g/mol. The molecule has 17 heavy (non-hydrogen) atoms. The molecule has 1 heteroatoms. The molecule has 0 aromatic heterocycles. The van der Waals surface area contributed by atoms with Crippen molar-refractivity contribution in [1.29, 1.82) is 0 Å². The molecule has 0 aliphatic rings. The van der Waals surface area contributed by atoms with E-state index in [0.717, 1.165) is 6.42 Å². The number of unbranched alkanes of at least 4 members (excludes halogenated alkanes) is 1. The van der Waals surface area contributed by atoms with Gasteiger partial charge in [-0.05, 0) is 44.0 Å². The highest BCUT2D eigenvalue weighted by Crippen LogP contribution is 2.24. The Morgan fingerprint density at radius 2 is 2.06 bits per heavy atom. The maximum atomic E-state index is 3.40. The predicted molar refractivity (Wildman–Crippen MR) is 75.0 cm³/mol. The number of hydrogen-bond donors (Lipinski definition) is 1. The van der Waals surface area contributed by atoms with Crippen LogP contribution < -0.4 is 5.32 Å². The summed E-state index contributed by atoms with van der Waals surface area (Å²) in [7, 11) is 2.01. The normalized spacial score (nSPS) is 11.7. The number of hydrogen-bond acceptors (Lipinski definition) is 1. The van der Waals surface area contributed by atoms with Gasteiger partial charge in [0.25, 0.3) is 0 Å². The predicted octanol–water partition coefficient (Wildman–Crippen LogP) is 4.24. The van der Waals surface area contributed by atoms with Crippen molar-refractivity contribution in [3.05, 3.63) is 53.3 Å². The van der Waals surface area contributed by atoms with Gasteiger partial charge in [0.1, 0.15) is 0 Å². The Hall–Kier alpha value is -1.30. The van der Waals surface area contributed by atoms with E-state index in [0.29, 0.717) is 6.04 Å². The minimum absolute atomic E-state index is 0.291. The molecule has 1 nitrogen and oxygen atoms in total. The van der Waals surface area contributed by atoms with Gasteiger partial charge in [-0.1, -0.05) is 43.7 Å². The van der Waals surface area contributed by atoms with Crippen molar-refractivity contribution in [2.75, 3.05) is 7.05 Å². The zero-order chi connectivity index (χ0) is 12.5. The fourth-order valence-corrected chi connectivity index (χ4v) is 2.04. The number of rotatable bonds is 6. The van der Waals surface area contributed by atoms with Gasteiger partial charge in [-0.15, -0.1) is 5.73 Å². The number of likely N-dealkylation sites (N-methyl/N-ethyl adjacent to an activating group) is 1. The van der Waals surface area contributed by atoms with Gasteiger partial charge in [-0.25, -0.2) is 0 Å². The second-order valence-corrected chi connectivity index (χ2v) is 4.19. The molecule has 0 aliphatic heterocycles. The largest absolute Gasteiger partial charge is 0.309 e. The van der Waals surface area contributed by atoms with E-state index in [1.54, 1.807) is 0 Å². The third-order valence-corrected chi connectivity index (χ3v) is 2.90. The maximum absolute atomic E-state index is 3.40. The molecule has 1 N–H and O–H groups in total. The van der Waals surface area contributed by atoms with Crippen LogP contribution in [0.15, 0.2) is 47.7 Å². The number of nitrogens with one attached hydrogen (secondary N) is 1. The molecule has 0 fully saturated rings. The number of benzene rings is 1. The van der Waals surface area contributed by atoms with Gasteiger partial charge in [0, 0.05) is 0 Å². The van der Waals surface area contributed by atoms with Crippen LogP contribution in [0.2, 0.25) is 0 Å². The van der Waals surface area contributed by atoms with Crippen LogP contribution in [0.3, 0.4) is 0 Å². The molecule has 0 bridgehead atoms. The highest BCUT2D eigenvalue weighted by molar-refractivity contribution is 5.27. The summed E-state index contributed by atoms with van der Waals surface area (Å²) < 4.78 is 0. The Kier molecular flexibility index (Phi) is 6.39. The maximum Gasteiger partial charge on any atom is 0.0608 e. The van der Waals surface area contributed by atoms with Crippen LogP contribution in [-0.2, 0) is 0 Å². The van der Waals surface area contributed by atoms with E-state index < -0.39 is 0 Å². The first-order valence-electron chi connectivity index (χ1n) is 6.45. The van der Waals surface area contributed by atoms with Gasteiger partial charge in [0.2, 0.25) is 0 Å². The summed E-state index contributed by atoms with van der Waals surface area (Å²) in [6.45, 7) is 4.26. The second-order valence-electron chi connectivity index (χ2n) is 4.19. The summed E-state index contributed by atoms with van der Waals surface area (Å²) >= 11 is 0. The first-order valence-corrected chi connectivity index (χ1v) is 6.45. The van der Waals surface area contributed by atoms with Crippen molar-refractivity contribution >= 4 is 0 Å². The van der Waals surface area contributed by atoms with E-state index in [9.17, 15) is 0 Å². The van der Waals surface area contributed by atoms with Crippen LogP contribution in [0, 0.1) is 0 Å². The quantitative estimate of drug-likeness (QED) is 0.719. The summed E-state index contributed by atoms with van der Waals surface area (Å²) in [5.41, 5.74) is 6.06. The standard InChI is InChI=1S/C16H23N/c1-4-6-11-14(10-5-2)16(17-3)15-12-8-7-9-13-15/h5,7-9,12-13,16-17H,4,6,11H2,1-3H3. The highest BCUT2D eigenvalue weighted by atomic mass is 14.9. The Morgan fingerprint density at radius 3 is 2.59 bits per heavy atom. The monoisotopic (exact) mass is 229 g/mol. The second kappa shape index (κ2) is 7.89. The van der Waals surface area contributed by atoms with Crippen LogP contribution in [0.25, 0.3) is 0 Å². The fourth-order valence-electron chi connectivity index (χ4n) is 2.04. The van der Waals surface area contributed by atoms with Crippen LogP contribution in [0.4, 0.5) is 0 Å². The molecule has 0 spiro atoms. The first-order chi connectivity index (χ1) is 8.33. The molecule has 0 saturated heterocycles. The van der Waals surface area contributed by atoms with Crippen LogP contribution >= 0.6 is 0 Å². The minimum atomic E-state index is 0.291. The van der Waals surface area contributed by atoms with Crippen LogP contribution in [0.1, 0.15) is 44.7 Å². The summed E-state index contributed by atoms with van der Waals surface area (Å²) in [4.78, 5) is 0. The van der Waals surface area contributed by atoms with Gasteiger partial charge in [-0.2, -0.15) is 0 Å². The molecular weight excluding hydrogens is 206 g/mol. The van der Waals surface area contributed by atoms with E-state index in [-0.39, 0.29) is 0 Å². The lowest BCUT2D eigenvalue weighted by atomic mass is 9.95. The molecule has 0 radical (unpaired) electrons.